The molecule has 0 bridgehead atoms. The molecule has 36 heavy (non-hydrogen) atoms. The minimum Gasteiger partial charge on any atom is -0.466 e. The van der Waals surface area contributed by atoms with E-state index in [4.69, 9.17) is 4.74 Å². The Morgan fingerprint density at radius 2 is 1.78 bits per heavy atom. The lowest BCUT2D eigenvalue weighted by Crippen LogP contribution is -2.41. The van der Waals surface area contributed by atoms with E-state index in [1.165, 1.54) is 11.1 Å². The first-order valence-electron chi connectivity index (χ1n) is 12.2. The Kier molecular flexibility index (Phi) is 11.7. The number of benzene rings is 2. The zero-order valence-corrected chi connectivity index (χ0v) is 22.6. The van der Waals surface area contributed by atoms with E-state index >= 15 is 0 Å². The first-order chi connectivity index (χ1) is 16.5. The van der Waals surface area contributed by atoms with Crippen LogP contribution in [0.15, 0.2) is 47.6 Å². The van der Waals surface area contributed by atoms with Gasteiger partial charge in [0, 0.05) is 43.9 Å². The highest BCUT2D eigenvalue weighted by Gasteiger charge is 2.22. The highest BCUT2D eigenvalue weighted by molar-refractivity contribution is 6.04. The number of hydrogen-bond acceptors (Lipinski definition) is 6. The van der Waals surface area contributed by atoms with Crippen LogP contribution in [0.5, 0.6) is 0 Å². The van der Waals surface area contributed by atoms with Crippen LogP contribution in [-0.4, -0.2) is 67.8 Å². The van der Waals surface area contributed by atoms with E-state index in [0.29, 0.717) is 18.6 Å². The van der Waals surface area contributed by atoms with Crippen LogP contribution in [0.2, 0.25) is 0 Å². The zero-order chi connectivity index (χ0) is 23.9. The third-order valence-corrected chi connectivity index (χ3v) is 6.58. The number of piperazine rings is 1. The number of carbonyl (C=O) groups excluding carboxylic acids is 2. The molecule has 196 valence electrons. The molecule has 9 heteroatoms. The van der Waals surface area contributed by atoms with Crippen LogP contribution in [0.25, 0.3) is 0 Å². The SMILES string of the molecule is CCOC(=O)CC1CCc2ccc(NC(=O)c3ccc(C=NN4CCN(C)CC4)cc3)cc2C1.Cl.Cl. The van der Waals surface area contributed by atoms with Gasteiger partial charge in [-0.3, -0.25) is 14.6 Å². The molecule has 4 rings (SSSR count). The average Bonchev–Trinajstić information content (AvgIpc) is 2.84. The van der Waals surface area contributed by atoms with Crippen LogP contribution in [0.1, 0.15) is 46.8 Å². The van der Waals surface area contributed by atoms with Crippen LogP contribution in [0, 0.1) is 5.92 Å². The van der Waals surface area contributed by atoms with Gasteiger partial charge in [0.25, 0.3) is 5.91 Å². The summed E-state index contributed by atoms with van der Waals surface area (Å²) >= 11 is 0. The van der Waals surface area contributed by atoms with Gasteiger partial charge in [-0.15, -0.1) is 24.8 Å². The van der Waals surface area contributed by atoms with Crippen molar-refractivity contribution in [2.45, 2.75) is 32.6 Å². The Balaban J connectivity index is 0.00000228. The molecule has 2 aliphatic rings. The summed E-state index contributed by atoms with van der Waals surface area (Å²) in [6.45, 7) is 6.15. The van der Waals surface area contributed by atoms with Gasteiger partial charge in [0.1, 0.15) is 0 Å². The molecule has 2 aromatic rings. The van der Waals surface area contributed by atoms with E-state index in [0.717, 1.165) is 56.7 Å². The number of amides is 1. The molecule has 1 saturated heterocycles. The van der Waals surface area contributed by atoms with Gasteiger partial charge in [0.05, 0.1) is 12.8 Å². The van der Waals surface area contributed by atoms with Gasteiger partial charge in [0.15, 0.2) is 0 Å². The van der Waals surface area contributed by atoms with Gasteiger partial charge in [-0.05, 0) is 80.1 Å². The second kappa shape index (κ2) is 14.2. The fraction of sp³-hybridized carbons (Fsp3) is 0.444. The quantitative estimate of drug-likeness (QED) is 0.420. The molecule has 0 saturated carbocycles. The average molecular weight is 536 g/mol. The van der Waals surface area contributed by atoms with Gasteiger partial charge in [-0.2, -0.15) is 5.10 Å². The summed E-state index contributed by atoms with van der Waals surface area (Å²) in [5.41, 5.74) is 4.85. The number of nitrogens with one attached hydrogen (secondary N) is 1. The largest absolute Gasteiger partial charge is 0.466 e. The molecule has 1 fully saturated rings. The molecule has 2 aromatic carbocycles. The van der Waals surface area contributed by atoms with Crippen molar-refractivity contribution in [3.8, 4) is 0 Å². The number of hydrazone groups is 1. The molecule has 0 spiro atoms. The summed E-state index contributed by atoms with van der Waals surface area (Å²) in [4.78, 5) is 26.9. The maximum atomic E-state index is 12.8. The highest BCUT2D eigenvalue weighted by Crippen LogP contribution is 2.30. The summed E-state index contributed by atoms with van der Waals surface area (Å²) < 4.78 is 5.11. The molecule has 1 amide bonds. The lowest BCUT2D eigenvalue weighted by atomic mass is 9.82. The number of aryl methyl sites for hydroxylation is 1. The summed E-state index contributed by atoms with van der Waals surface area (Å²) in [6.07, 6.45) is 5.07. The number of rotatable bonds is 7. The van der Waals surface area contributed by atoms with E-state index in [1.807, 2.05) is 49.5 Å². The standard InChI is InChI=1S/C27H34N4O3.2ClH/c1-3-34-26(32)17-21-6-7-22-10-11-25(18-24(22)16-21)29-27(33)23-8-4-20(5-9-23)19-28-31-14-12-30(2)13-15-31;;/h4-5,8-11,18-19,21H,3,6-7,12-17H2,1-2H3,(H,29,33);2*1H. The number of fused-ring (bicyclic) bond motifs is 1. The number of halogens is 2. The maximum absolute atomic E-state index is 12.8. The minimum atomic E-state index is -0.138. The van der Waals surface area contributed by atoms with Gasteiger partial charge >= 0.3 is 5.97 Å². The Labute approximate surface area is 226 Å². The number of hydrogen-bond donors (Lipinski definition) is 1. The van der Waals surface area contributed by atoms with Gasteiger partial charge in [0.2, 0.25) is 0 Å². The maximum Gasteiger partial charge on any atom is 0.306 e. The molecule has 1 N–H and O–H groups in total. The second-order valence-corrected chi connectivity index (χ2v) is 9.18. The van der Waals surface area contributed by atoms with Crippen molar-refractivity contribution in [3.63, 3.8) is 0 Å². The van der Waals surface area contributed by atoms with Crippen LogP contribution in [0.4, 0.5) is 5.69 Å². The Bertz CT molecular complexity index is 1040. The van der Waals surface area contributed by atoms with E-state index in [1.54, 1.807) is 0 Å². The van der Waals surface area contributed by atoms with Gasteiger partial charge < -0.3 is 15.0 Å². The topological polar surface area (TPSA) is 74.2 Å². The third kappa shape index (κ3) is 8.22. The Morgan fingerprint density at radius 3 is 2.47 bits per heavy atom. The van der Waals surface area contributed by atoms with Crippen LogP contribution < -0.4 is 5.32 Å². The van der Waals surface area contributed by atoms with Crippen molar-refractivity contribution in [2.75, 3.05) is 45.2 Å². The minimum absolute atomic E-state index is 0. The lowest BCUT2D eigenvalue weighted by Gasteiger charge is -2.30. The monoisotopic (exact) mass is 534 g/mol. The Morgan fingerprint density at radius 1 is 1.06 bits per heavy atom. The fourth-order valence-corrected chi connectivity index (χ4v) is 4.52. The number of carbonyl (C=O) groups is 2. The van der Waals surface area contributed by atoms with Crippen molar-refractivity contribution in [1.29, 1.82) is 0 Å². The van der Waals surface area contributed by atoms with Crippen molar-refractivity contribution < 1.29 is 14.3 Å². The summed E-state index contributed by atoms with van der Waals surface area (Å²) in [5, 5.41) is 9.65. The lowest BCUT2D eigenvalue weighted by molar-refractivity contribution is -0.144. The molecular weight excluding hydrogens is 499 g/mol. The van der Waals surface area contributed by atoms with E-state index < -0.39 is 0 Å². The predicted molar refractivity (Wildman–Crippen MR) is 149 cm³/mol. The van der Waals surface area contributed by atoms with Crippen LogP contribution in [0.3, 0.4) is 0 Å². The number of esters is 1. The number of likely N-dealkylation sites (N-methyl/N-ethyl adjacent to an activating group) is 1. The number of anilines is 1. The molecule has 0 aromatic heterocycles. The third-order valence-electron chi connectivity index (χ3n) is 6.58. The molecule has 1 unspecified atom stereocenters. The first kappa shape index (κ1) is 29.6. The molecule has 0 radical (unpaired) electrons. The first-order valence-corrected chi connectivity index (χ1v) is 12.2. The zero-order valence-electron chi connectivity index (χ0n) is 20.9. The van der Waals surface area contributed by atoms with E-state index in [9.17, 15) is 9.59 Å². The molecule has 1 atom stereocenters. The fourth-order valence-electron chi connectivity index (χ4n) is 4.52. The number of ether oxygens (including phenoxy) is 1. The summed E-state index contributed by atoms with van der Waals surface area (Å²) in [5.74, 6) is 0.0244. The normalized spacial score (nSPS) is 17.5. The van der Waals surface area contributed by atoms with Crippen LogP contribution in [-0.2, 0) is 22.4 Å². The predicted octanol–water partition coefficient (Wildman–Crippen LogP) is 4.42. The van der Waals surface area contributed by atoms with Crippen molar-refractivity contribution in [2.24, 2.45) is 11.0 Å². The number of nitrogens with zero attached hydrogens (tertiary/aromatic N) is 3. The van der Waals surface area contributed by atoms with Crippen LogP contribution >= 0.6 is 24.8 Å². The van der Waals surface area contributed by atoms with Gasteiger partial charge in [-0.1, -0.05) is 18.2 Å². The Hall–Kier alpha value is -2.61. The van der Waals surface area contributed by atoms with Crippen molar-refractivity contribution in [1.82, 2.24) is 9.91 Å². The van der Waals surface area contributed by atoms with Crippen molar-refractivity contribution >= 4 is 48.6 Å². The second-order valence-electron chi connectivity index (χ2n) is 9.18. The summed E-state index contributed by atoms with van der Waals surface area (Å²) in [7, 11) is 2.12. The molecule has 1 aliphatic carbocycles. The molecule has 1 heterocycles. The molecule has 7 nitrogen and oxygen atoms in total. The molecular formula is C27H36Cl2N4O3. The smallest absolute Gasteiger partial charge is 0.306 e. The van der Waals surface area contributed by atoms with Crippen molar-refractivity contribution in [3.05, 3.63) is 64.7 Å². The van der Waals surface area contributed by atoms with Gasteiger partial charge in [-0.25, -0.2) is 0 Å². The molecule has 1 aliphatic heterocycles. The summed E-state index contributed by atoms with van der Waals surface area (Å²) in [6, 6.07) is 13.6. The van der Waals surface area contributed by atoms with E-state index in [-0.39, 0.29) is 42.6 Å². The highest BCUT2D eigenvalue weighted by atomic mass is 35.5. The van der Waals surface area contributed by atoms with E-state index in [2.05, 4.69) is 33.4 Å².